The van der Waals surface area contributed by atoms with Gasteiger partial charge in [-0.3, -0.25) is 19.3 Å². The smallest absolute Gasteiger partial charge is 0.261 e. The van der Waals surface area contributed by atoms with Crippen molar-refractivity contribution in [2.75, 3.05) is 12.8 Å². The molecule has 8 heteroatoms. The second kappa shape index (κ2) is 8.85. The molecule has 2 amide bonds. The van der Waals surface area contributed by atoms with Gasteiger partial charge in [0.2, 0.25) is 0 Å². The number of benzene rings is 2. The molecule has 3 heterocycles. The molecule has 0 spiro atoms. The average molecular weight is 486 g/mol. The number of carbonyl (C=O) groups is 3. The number of amides is 2. The van der Waals surface area contributed by atoms with Crippen molar-refractivity contribution in [3.8, 4) is 11.1 Å². The van der Waals surface area contributed by atoms with Crippen LogP contribution in [0.1, 0.15) is 38.5 Å². The van der Waals surface area contributed by atoms with E-state index in [0.717, 1.165) is 27.0 Å². The van der Waals surface area contributed by atoms with E-state index in [2.05, 4.69) is 4.98 Å². The van der Waals surface area contributed by atoms with E-state index >= 15 is 0 Å². The van der Waals surface area contributed by atoms with Crippen LogP contribution in [0.2, 0.25) is 5.02 Å². The fraction of sp³-hybridized carbons (Fsp3) is 0.111. The van der Waals surface area contributed by atoms with Crippen molar-refractivity contribution >= 4 is 52.1 Å². The number of aromatic nitrogens is 1. The molecule has 2 N–H and O–H groups in total. The average Bonchev–Trinajstić information content (AvgIpc) is 3.37. The summed E-state index contributed by atoms with van der Waals surface area (Å²) in [5, 5.41) is 1.21. The lowest BCUT2D eigenvalue weighted by atomic mass is 9.99. The zero-order chi connectivity index (χ0) is 24.7. The van der Waals surface area contributed by atoms with Crippen molar-refractivity contribution in [3.63, 3.8) is 0 Å². The van der Waals surface area contributed by atoms with Crippen LogP contribution in [0.25, 0.3) is 28.2 Å². The number of hydrogen-bond donors (Lipinski definition) is 1. The number of nitrogens with two attached hydrogens (primary N) is 1. The Morgan fingerprint density at radius 3 is 2.63 bits per heavy atom. The van der Waals surface area contributed by atoms with E-state index in [0.29, 0.717) is 39.7 Å². The fourth-order valence-corrected chi connectivity index (χ4v) is 4.29. The summed E-state index contributed by atoms with van der Waals surface area (Å²) in [6.07, 6.45) is 5.51. The summed E-state index contributed by atoms with van der Waals surface area (Å²) < 4.78 is 5.90. The van der Waals surface area contributed by atoms with Crippen LogP contribution in [0.3, 0.4) is 0 Å². The van der Waals surface area contributed by atoms with Gasteiger partial charge in [-0.15, -0.1) is 0 Å². The van der Waals surface area contributed by atoms with E-state index in [1.807, 2.05) is 12.1 Å². The van der Waals surface area contributed by atoms with E-state index in [9.17, 15) is 14.4 Å². The lowest BCUT2D eigenvalue weighted by Gasteiger charge is -2.05. The molecule has 0 atom stereocenters. The van der Waals surface area contributed by atoms with Crippen molar-refractivity contribution in [2.45, 2.75) is 12.8 Å². The van der Waals surface area contributed by atoms with Crippen LogP contribution in [0.5, 0.6) is 0 Å². The highest BCUT2D eigenvalue weighted by molar-refractivity contribution is 6.35. The van der Waals surface area contributed by atoms with Gasteiger partial charge in [0.25, 0.3) is 11.8 Å². The maximum Gasteiger partial charge on any atom is 0.261 e. The molecule has 5 rings (SSSR count). The highest BCUT2D eigenvalue weighted by Crippen LogP contribution is 2.35. The molecule has 1 aliphatic rings. The van der Waals surface area contributed by atoms with Gasteiger partial charge in [-0.2, -0.15) is 0 Å². The number of fused-ring (bicyclic) bond motifs is 2. The number of anilines is 1. The molecule has 0 bridgehead atoms. The zero-order valence-electron chi connectivity index (χ0n) is 18.7. The molecule has 4 aromatic rings. The minimum absolute atomic E-state index is 0.0450. The molecule has 2 aromatic carbocycles. The Kier molecular flexibility index (Phi) is 5.70. The number of furan rings is 1. The lowest BCUT2D eigenvalue weighted by molar-refractivity contribution is -0.114. The van der Waals surface area contributed by atoms with Crippen molar-refractivity contribution in [1.29, 1.82) is 0 Å². The minimum atomic E-state index is -0.323. The topological polar surface area (TPSA) is 106 Å². The largest absolute Gasteiger partial charge is 0.459 e. The number of rotatable bonds is 6. The Balaban J connectivity index is 1.34. The van der Waals surface area contributed by atoms with Gasteiger partial charge in [0.05, 0.1) is 16.1 Å². The zero-order valence-corrected chi connectivity index (χ0v) is 19.5. The van der Waals surface area contributed by atoms with E-state index in [1.54, 1.807) is 48.7 Å². The maximum atomic E-state index is 12.4. The van der Waals surface area contributed by atoms with Crippen LogP contribution in [-0.4, -0.2) is 34.5 Å². The van der Waals surface area contributed by atoms with Crippen LogP contribution in [0, 0.1) is 0 Å². The molecule has 35 heavy (non-hydrogen) atoms. The quantitative estimate of drug-likeness (QED) is 0.298. The summed E-state index contributed by atoms with van der Waals surface area (Å²) >= 11 is 6.49. The number of ketones is 1. The van der Waals surface area contributed by atoms with Crippen molar-refractivity contribution < 1.29 is 18.8 Å². The molecule has 1 aliphatic heterocycles. The number of halogens is 1. The van der Waals surface area contributed by atoms with Crippen molar-refractivity contribution in [2.24, 2.45) is 0 Å². The monoisotopic (exact) mass is 485 g/mol. The first kappa shape index (κ1) is 22.6. The van der Waals surface area contributed by atoms with Crippen molar-refractivity contribution in [1.82, 2.24) is 9.88 Å². The number of aryl methyl sites for hydroxylation is 1. The first-order valence-electron chi connectivity index (χ1n) is 10.9. The second-order valence-electron chi connectivity index (χ2n) is 8.33. The molecule has 0 saturated carbocycles. The predicted molar refractivity (Wildman–Crippen MR) is 134 cm³/mol. The van der Waals surface area contributed by atoms with Gasteiger partial charge in [-0.05, 0) is 71.3 Å². The summed E-state index contributed by atoms with van der Waals surface area (Å²) in [4.78, 5) is 41.9. The van der Waals surface area contributed by atoms with Crippen molar-refractivity contribution in [3.05, 3.63) is 88.3 Å². The highest BCUT2D eigenvalue weighted by atomic mass is 35.5. The Hall–Kier alpha value is -4.23. The summed E-state index contributed by atoms with van der Waals surface area (Å²) in [6.45, 7) is 0. The van der Waals surface area contributed by atoms with Crippen LogP contribution in [-0.2, 0) is 11.2 Å². The third kappa shape index (κ3) is 4.34. The second-order valence-corrected chi connectivity index (χ2v) is 8.74. The molecule has 174 valence electrons. The van der Waals surface area contributed by atoms with Crippen LogP contribution in [0.15, 0.2) is 65.2 Å². The van der Waals surface area contributed by atoms with Gasteiger partial charge in [-0.1, -0.05) is 17.7 Å². The van der Waals surface area contributed by atoms with Gasteiger partial charge < -0.3 is 10.2 Å². The molecule has 7 nitrogen and oxygen atoms in total. The third-order valence-corrected chi connectivity index (χ3v) is 6.21. The van der Waals surface area contributed by atoms with Crippen LogP contribution < -0.4 is 5.73 Å². The molecular weight excluding hydrogens is 466 g/mol. The molecule has 0 aliphatic carbocycles. The number of allylic oxidation sites excluding steroid dienone is 1. The summed E-state index contributed by atoms with van der Waals surface area (Å²) in [6, 6.07) is 14.2. The Labute approximate surface area is 205 Å². The number of imide groups is 1. The van der Waals surface area contributed by atoms with Gasteiger partial charge in [-0.25, -0.2) is 4.98 Å². The van der Waals surface area contributed by atoms with E-state index in [4.69, 9.17) is 21.8 Å². The van der Waals surface area contributed by atoms with Crippen LogP contribution >= 0.6 is 11.6 Å². The standard InChI is InChI=1S/C27H20ClN3O4/c1-31-26(33)21-8-4-16(12-22(21)27(31)34)17-10-18-11-20(35-25(18)23(28)13-17)7-6-19(32)5-2-15-3-9-24(29)30-14-15/h2-5,8-14H,6-7H2,1H3,(H2,29,30)/b5-2+. The number of nitrogens with zero attached hydrogens (tertiary/aromatic N) is 2. The predicted octanol–water partition coefficient (Wildman–Crippen LogP) is 5.17. The molecule has 2 aromatic heterocycles. The molecule has 0 radical (unpaired) electrons. The number of carbonyl (C=O) groups excluding carboxylic acids is 3. The fourth-order valence-electron chi connectivity index (χ4n) is 4.03. The maximum absolute atomic E-state index is 12.4. The summed E-state index contributed by atoms with van der Waals surface area (Å²) in [7, 11) is 1.47. The summed E-state index contributed by atoms with van der Waals surface area (Å²) in [5.41, 5.74) is 9.23. The number of hydrogen-bond acceptors (Lipinski definition) is 6. The highest BCUT2D eigenvalue weighted by Gasteiger charge is 2.32. The van der Waals surface area contributed by atoms with E-state index < -0.39 is 0 Å². The van der Waals surface area contributed by atoms with Gasteiger partial charge in [0.15, 0.2) is 11.4 Å². The Morgan fingerprint density at radius 2 is 1.86 bits per heavy atom. The molecular formula is C27H20ClN3O4. The summed E-state index contributed by atoms with van der Waals surface area (Å²) in [5.74, 6) is 0.394. The first-order valence-corrected chi connectivity index (χ1v) is 11.3. The number of nitrogen functional groups attached to an aromatic ring is 1. The van der Waals surface area contributed by atoms with Gasteiger partial charge >= 0.3 is 0 Å². The van der Waals surface area contributed by atoms with Crippen LogP contribution in [0.4, 0.5) is 5.82 Å². The minimum Gasteiger partial charge on any atom is -0.459 e. The lowest BCUT2D eigenvalue weighted by Crippen LogP contribution is -2.24. The third-order valence-electron chi connectivity index (χ3n) is 5.93. The normalized spacial score (nSPS) is 13.3. The molecule has 0 unspecified atom stereocenters. The SMILES string of the molecule is CN1C(=O)c2ccc(-c3cc(Cl)c4oc(CCC(=O)/C=C/c5ccc(N)nc5)cc4c3)cc2C1=O. The molecule has 0 saturated heterocycles. The van der Waals surface area contributed by atoms with E-state index in [1.165, 1.54) is 13.1 Å². The molecule has 0 fully saturated rings. The Bertz CT molecular complexity index is 1540. The van der Waals surface area contributed by atoms with E-state index in [-0.39, 0.29) is 24.0 Å². The number of pyridine rings is 1. The Morgan fingerprint density at radius 1 is 1.06 bits per heavy atom. The first-order chi connectivity index (χ1) is 16.8. The van der Waals surface area contributed by atoms with Gasteiger partial charge in [0, 0.05) is 31.5 Å². The van der Waals surface area contributed by atoms with Gasteiger partial charge in [0.1, 0.15) is 11.6 Å².